The Morgan fingerprint density at radius 3 is 2.52 bits per heavy atom. The number of thiocarbonyl (C=S) groups is 1. The van der Waals surface area contributed by atoms with Crippen LogP contribution in [-0.4, -0.2) is 27.6 Å². The highest BCUT2D eigenvalue weighted by atomic mass is 79.9. The van der Waals surface area contributed by atoms with E-state index in [0.717, 1.165) is 10.0 Å². The zero-order valence-corrected chi connectivity index (χ0v) is 16.2. The maximum atomic E-state index is 12.5. The number of anilines is 1. The summed E-state index contributed by atoms with van der Waals surface area (Å²) in [5, 5.41) is 2.75. The van der Waals surface area contributed by atoms with E-state index in [4.69, 9.17) is 12.2 Å². The second-order valence-electron chi connectivity index (χ2n) is 5.23. The van der Waals surface area contributed by atoms with Crippen LogP contribution in [0.4, 0.5) is 5.69 Å². The van der Waals surface area contributed by atoms with E-state index in [1.807, 2.05) is 42.5 Å². The molecule has 0 saturated carbocycles. The van der Waals surface area contributed by atoms with Gasteiger partial charge in [-0.25, -0.2) is 0 Å². The van der Waals surface area contributed by atoms with Crippen LogP contribution in [0.5, 0.6) is 0 Å². The Kier molecular flexibility index (Phi) is 5.67. The number of nitrogens with one attached hydrogen (secondary N) is 1. The summed E-state index contributed by atoms with van der Waals surface area (Å²) in [5.74, 6) is -0.534. The molecular formula is C18H13BrN2O2S2. The van der Waals surface area contributed by atoms with E-state index >= 15 is 0 Å². The van der Waals surface area contributed by atoms with Crippen LogP contribution in [-0.2, 0) is 9.59 Å². The van der Waals surface area contributed by atoms with Gasteiger partial charge >= 0.3 is 0 Å². The molecule has 1 heterocycles. The van der Waals surface area contributed by atoms with Crippen LogP contribution in [0.1, 0.15) is 5.56 Å². The minimum Gasteiger partial charge on any atom is -0.325 e. The predicted molar refractivity (Wildman–Crippen MR) is 109 cm³/mol. The van der Waals surface area contributed by atoms with Gasteiger partial charge in [0.05, 0.1) is 4.91 Å². The van der Waals surface area contributed by atoms with Crippen molar-refractivity contribution in [3.05, 3.63) is 69.5 Å². The average molecular weight is 433 g/mol. The van der Waals surface area contributed by atoms with Crippen LogP contribution >= 0.6 is 39.9 Å². The van der Waals surface area contributed by atoms with Gasteiger partial charge in [-0.15, -0.1) is 0 Å². The zero-order chi connectivity index (χ0) is 17.8. The lowest BCUT2D eigenvalue weighted by Gasteiger charge is -2.14. The Morgan fingerprint density at radius 2 is 1.84 bits per heavy atom. The van der Waals surface area contributed by atoms with Crippen LogP contribution in [0.3, 0.4) is 0 Å². The van der Waals surface area contributed by atoms with Crippen molar-refractivity contribution in [2.24, 2.45) is 0 Å². The van der Waals surface area contributed by atoms with Crippen molar-refractivity contribution >= 4 is 67.8 Å². The van der Waals surface area contributed by atoms with Crippen LogP contribution in [0.25, 0.3) is 6.08 Å². The molecule has 2 aromatic rings. The van der Waals surface area contributed by atoms with Crippen LogP contribution in [0, 0.1) is 0 Å². The summed E-state index contributed by atoms with van der Waals surface area (Å²) in [6.07, 6.45) is 1.78. The van der Waals surface area contributed by atoms with Gasteiger partial charge in [-0.2, -0.15) is 0 Å². The molecule has 25 heavy (non-hydrogen) atoms. The van der Waals surface area contributed by atoms with Crippen molar-refractivity contribution in [3.63, 3.8) is 0 Å². The SMILES string of the molecule is O=C(CN1C(=O)/C(=C/c2ccc(Br)cc2)SC1=S)Nc1ccccc1. The van der Waals surface area contributed by atoms with Crippen LogP contribution in [0.15, 0.2) is 64.0 Å². The number of para-hydroxylation sites is 1. The number of hydrogen-bond acceptors (Lipinski definition) is 4. The molecule has 4 nitrogen and oxygen atoms in total. The molecule has 0 bridgehead atoms. The number of thioether (sulfide) groups is 1. The second-order valence-corrected chi connectivity index (χ2v) is 7.83. The van der Waals surface area contributed by atoms with E-state index in [0.29, 0.717) is 14.9 Å². The van der Waals surface area contributed by atoms with Crippen molar-refractivity contribution in [3.8, 4) is 0 Å². The van der Waals surface area contributed by atoms with Crippen molar-refractivity contribution in [1.29, 1.82) is 0 Å². The quantitative estimate of drug-likeness (QED) is 0.578. The van der Waals surface area contributed by atoms with Gasteiger partial charge in [0.25, 0.3) is 5.91 Å². The average Bonchev–Trinajstić information content (AvgIpc) is 2.85. The second kappa shape index (κ2) is 7.95. The molecule has 0 aromatic heterocycles. The van der Waals surface area contributed by atoms with Crippen molar-refractivity contribution in [1.82, 2.24) is 4.90 Å². The summed E-state index contributed by atoms with van der Waals surface area (Å²) in [6.45, 7) is -0.1000. The summed E-state index contributed by atoms with van der Waals surface area (Å²) < 4.78 is 1.35. The topological polar surface area (TPSA) is 49.4 Å². The largest absolute Gasteiger partial charge is 0.325 e. The molecule has 1 N–H and O–H groups in total. The van der Waals surface area contributed by atoms with Gasteiger partial charge in [0.2, 0.25) is 5.91 Å². The first-order chi connectivity index (χ1) is 12.0. The van der Waals surface area contributed by atoms with E-state index in [1.165, 1.54) is 16.7 Å². The third-order valence-electron chi connectivity index (χ3n) is 3.40. The number of benzene rings is 2. The molecule has 0 unspecified atom stereocenters. The molecule has 0 atom stereocenters. The van der Waals surface area contributed by atoms with Gasteiger partial charge in [0, 0.05) is 10.2 Å². The first-order valence-electron chi connectivity index (χ1n) is 7.39. The number of hydrogen-bond donors (Lipinski definition) is 1. The summed E-state index contributed by atoms with van der Waals surface area (Å²) in [4.78, 5) is 26.5. The fourth-order valence-corrected chi connectivity index (χ4v) is 3.73. The van der Waals surface area contributed by atoms with Gasteiger partial charge in [-0.3, -0.25) is 14.5 Å². The molecule has 3 rings (SSSR count). The number of amides is 2. The van der Waals surface area contributed by atoms with E-state index in [1.54, 1.807) is 18.2 Å². The molecule has 1 fully saturated rings. The lowest BCUT2D eigenvalue weighted by molar-refractivity contribution is -0.126. The highest BCUT2D eigenvalue weighted by Crippen LogP contribution is 2.32. The van der Waals surface area contributed by atoms with E-state index < -0.39 is 0 Å². The van der Waals surface area contributed by atoms with Gasteiger partial charge in [0.15, 0.2) is 0 Å². The van der Waals surface area contributed by atoms with Crippen molar-refractivity contribution in [2.45, 2.75) is 0 Å². The number of nitrogens with zero attached hydrogens (tertiary/aromatic N) is 1. The van der Waals surface area contributed by atoms with Gasteiger partial charge in [0.1, 0.15) is 10.9 Å². The summed E-state index contributed by atoms with van der Waals surface area (Å²) >= 11 is 9.84. The Bertz CT molecular complexity index is 851. The van der Waals surface area contributed by atoms with E-state index in [2.05, 4.69) is 21.2 Å². The fourth-order valence-electron chi connectivity index (χ4n) is 2.21. The maximum Gasteiger partial charge on any atom is 0.266 e. The Balaban J connectivity index is 1.69. The van der Waals surface area contributed by atoms with Crippen molar-refractivity contribution < 1.29 is 9.59 Å². The molecule has 126 valence electrons. The number of rotatable bonds is 4. The summed E-state index contributed by atoms with van der Waals surface area (Å²) in [6, 6.07) is 16.7. The third kappa shape index (κ3) is 4.56. The Hall–Kier alpha value is -1.96. The Morgan fingerprint density at radius 1 is 1.16 bits per heavy atom. The molecule has 2 aromatic carbocycles. The predicted octanol–water partition coefficient (Wildman–Crippen LogP) is 4.29. The maximum absolute atomic E-state index is 12.5. The van der Waals surface area contributed by atoms with Crippen molar-refractivity contribution in [2.75, 3.05) is 11.9 Å². The molecule has 1 aliphatic rings. The minimum atomic E-state index is -0.285. The monoisotopic (exact) mass is 432 g/mol. The third-order valence-corrected chi connectivity index (χ3v) is 5.31. The number of halogens is 1. The molecule has 7 heteroatoms. The first kappa shape index (κ1) is 17.8. The number of carbonyl (C=O) groups is 2. The molecule has 0 spiro atoms. The van der Waals surface area contributed by atoms with E-state index in [9.17, 15) is 9.59 Å². The summed E-state index contributed by atoms with van der Waals surface area (Å²) in [7, 11) is 0. The van der Waals surface area contributed by atoms with Gasteiger partial charge < -0.3 is 5.32 Å². The molecule has 1 saturated heterocycles. The lowest BCUT2D eigenvalue weighted by Crippen LogP contribution is -2.36. The highest BCUT2D eigenvalue weighted by Gasteiger charge is 2.33. The molecule has 2 amide bonds. The highest BCUT2D eigenvalue weighted by molar-refractivity contribution is 9.10. The standard InChI is InChI=1S/C18H13BrN2O2S2/c19-13-8-6-12(7-9-13)10-15-17(23)21(18(24)25-15)11-16(22)20-14-4-2-1-3-5-14/h1-10H,11H2,(H,20,22)/b15-10-. The smallest absolute Gasteiger partial charge is 0.266 e. The normalized spacial score (nSPS) is 15.7. The van der Waals surface area contributed by atoms with Crippen LogP contribution < -0.4 is 5.32 Å². The lowest BCUT2D eigenvalue weighted by atomic mass is 10.2. The Labute approximate surface area is 163 Å². The van der Waals surface area contributed by atoms with Gasteiger partial charge in [-0.1, -0.05) is 70.2 Å². The fraction of sp³-hybridized carbons (Fsp3) is 0.0556. The van der Waals surface area contributed by atoms with E-state index in [-0.39, 0.29) is 18.4 Å². The van der Waals surface area contributed by atoms with Gasteiger partial charge in [-0.05, 0) is 35.9 Å². The molecule has 0 aliphatic carbocycles. The summed E-state index contributed by atoms with van der Waals surface area (Å²) in [5.41, 5.74) is 1.58. The number of carbonyl (C=O) groups excluding carboxylic acids is 2. The zero-order valence-electron chi connectivity index (χ0n) is 12.9. The minimum absolute atomic E-state index is 0.1000. The van der Waals surface area contributed by atoms with Crippen LogP contribution in [0.2, 0.25) is 0 Å². The first-order valence-corrected chi connectivity index (χ1v) is 9.40. The molecule has 0 radical (unpaired) electrons. The molecular weight excluding hydrogens is 420 g/mol. The molecule has 1 aliphatic heterocycles.